The molecule has 0 fully saturated rings. The van der Waals surface area contributed by atoms with Crippen molar-refractivity contribution in [1.82, 2.24) is 0 Å². The first kappa shape index (κ1) is 63.8. The summed E-state index contributed by atoms with van der Waals surface area (Å²) in [6.45, 7) is 37.8. The van der Waals surface area contributed by atoms with Gasteiger partial charge in [0.15, 0.2) is 0 Å². The molecular weight excluding hydrogens is 877 g/mol. The van der Waals surface area contributed by atoms with Crippen LogP contribution in [0.5, 0.6) is 0 Å². The summed E-state index contributed by atoms with van der Waals surface area (Å²) in [5.41, 5.74) is 24.9. The highest BCUT2D eigenvalue weighted by Gasteiger charge is 2.24. The van der Waals surface area contributed by atoms with Gasteiger partial charge in [-0.3, -0.25) is 0 Å². The summed E-state index contributed by atoms with van der Waals surface area (Å²) < 4.78 is 0. The van der Waals surface area contributed by atoms with E-state index in [0.717, 1.165) is 18.4 Å². The quantitative estimate of drug-likeness (QED) is 0.0728. The molecule has 0 bridgehead atoms. The van der Waals surface area contributed by atoms with Crippen molar-refractivity contribution in [2.24, 2.45) is 5.92 Å². The Kier molecular flexibility index (Phi) is 30.6. The molecule has 7 aromatic carbocycles. The topological polar surface area (TPSA) is 0 Å². The summed E-state index contributed by atoms with van der Waals surface area (Å²) in [7, 11) is 0. The summed E-state index contributed by atoms with van der Waals surface area (Å²) in [4.78, 5) is 0. The highest BCUT2D eigenvalue weighted by atomic mass is 14.3. The molecule has 0 unspecified atom stereocenters. The Labute approximate surface area is 447 Å². The third-order valence-corrected chi connectivity index (χ3v) is 11.9. The maximum Gasteiger partial charge on any atom is -0.00132 e. The van der Waals surface area contributed by atoms with Gasteiger partial charge in [0.05, 0.1) is 0 Å². The minimum atomic E-state index is 0. The molecule has 0 saturated heterocycles. The molecule has 73 heavy (non-hydrogen) atoms. The first-order valence-corrected chi connectivity index (χ1v) is 26.1. The third kappa shape index (κ3) is 19.4. The highest BCUT2D eigenvalue weighted by Crippen LogP contribution is 2.45. The van der Waals surface area contributed by atoms with Gasteiger partial charge in [0, 0.05) is 0 Å². The summed E-state index contributed by atoms with van der Waals surface area (Å²) >= 11 is 0. The maximum absolute atomic E-state index is 4.32. The van der Waals surface area contributed by atoms with Gasteiger partial charge in [-0.25, -0.2) is 0 Å². The second-order valence-electron chi connectivity index (χ2n) is 17.8. The average Bonchev–Trinajstić information content (AvgIpc) is 3.79. The summed E-state index contributed by atoms with van der Waals surface area (Å²) in [5, 5.41) is 0. The van der Waals surface area contributed by atoms with Gasteiger partial charge in [0.25, 0.3) is 0 Å². The Morgan fingerprint density at radius 3 is 1.66 bits per heavy atom. The van der Waals surface area contributed by atoms with Crippen molar-refractivity contribution in [2.75, 3.05) is 0 Å². The van der Waals surface area contributed by atoms with Crippen LogP contribution in [0.25, 0.3) is 50.1 Å². The van der Waals surface area contributed by atoms with E-state index in [1.807, 2.05) is 53.7 Å². The van der Waals surface area contributed by atoms with Gasteiger partial charge in [0.2, 0.25) is 0 Å². The fourth-order valence-corrected chi connectivity index (χ4v) is 8.26. The van der Waals surface area contributed by atoms with E-state index in [2.05, 4.69) is 257 Å². The molecule has 0 spiro atoms. The predicted molar refractivity (Wildman–Crippen MR) is 332 cm³/mol. The molecule has 0 aliphatic heterocycles. The van der Waals surface area contributed by atoms with Crippen molar-refractivity contribution in [1.29, 1.82) is 0 Å². The van der Waals surface area contributed by atoms with E-state index in [9.17, 15) is 0 Å². The zero-order chi connectivity index (χ0) is 53.6. The number of fused-ring (bicyclic) bond motifs is 3. The number of rotatable bonds is 10. The number of allylic oxidation sites excluding steroid dienone is 8. The zero-order valence-electron chi connectivity index (χ0n) is 46.7. The largest absolute Gasteiger partial charge is 0.124 e. The number of benzene rings is 7. The molecule has 0 amide bonds. The predicted octanol–water partition coefficient (Wildman–Crippen LogP) is 22.1. The van der Waals surface area contributed by atoms with Crippen molar-refractivity contribution in [3.8, 4) is 57.4 Å². The van der Waals surface area contributed by atoms with Crippen molar-refractivity contribution in [3.63, 3.8) is 0 Å². The number of terminal acetylenes is 1. The summed E-state index contributed by atoms with van der Waals surface area (Å²) in [6.07, 6.45) is 19.6. The number of aryl methyl sites for hydroxylation is 3. The molecule has 8 rings (SSSR count). The molecule has 0 N–H and O–H groups in total. The van der Waals surface area contributed by atoms with Crippen LogP contribution in [0, 0.1) is 39.5 Å². The third-order valence-electron chi connectivity index (χ3n) is 11.9. The Balaban J connectivity index is 0.000000512. The molecule has 0 radical (unpaired) electrons. The molecule has 0 heteroatoms. The second-order valence-corrected chi connectivity index (χ2v) is 17.8. The monoisotopic (exact) mass is 967 g/mol. The smallest absolute Gasteiger partial charge is 0.00132 e. The minimum Gasteiger partial charge on any atom is -0.124 e. The number of hydrogen-bond donors (Lipinski definition) is 0. The Morgan fingerprint density at radius 1 is 0.575 bits per heavy atom. The Morgan fingerprint density at radius 2 is 1.08 bits per heavy atom. The van der Waals surface area contributed by atoms with Crippen LogP contribution in [0.15, 0.2) is 218 Å². The van der Waals surface area contributed by atoms with Gasteiger partial charge in [-0.2, -0.15) is 0 Å². The van der Waals surface area contributed by atoms with Gasteiger partial charge in [-0.1, -0.05) is 281 Å². The molecule has 0 heterocycles. The fourth-order valence-electron chi connectivity index (χ4n) is 8.26. The van der Waals surface area contributed by atoms with E-state index in [0.29, 0.717) is 5.92 Å². The van der Waals surface area contributed by atoms with Gasteiger partial charge in [0.1, 0.15) is 0 Å². The molecule has 0 atom stereocenters. The number of hydrogen-bond acceptors (Lipinski definition) is 0. The first-order valence-electron chi connectivity index (χ1n) is 26.1. The molecule has 7 aromatic rings. The van der Waals surface area contributed by atoms with E-state index in [1.54, 1.807) is 0 Å². The molecule has 1 aliphatic rings. The lowest BCUT2D eigenvalue weighted by Crippen LogP contribution is -2.00. The van der Waals surface area contributed by atoms with Crippen molar-refractivity contribution in [2.45, 2.75) is 124 Å². The second kappa shape index (κ2) is 35.0. The molecule has 0 nitrogen and oxygen atoms in total. The first-order chi connectivity index (χ1) is 34.9. The van der Waals surface area contributed by atoms with E-state index in [-0.39, 0.29) is 7.43 Å². The normalized spacial score (nSPS) is 10.7. The van der Waals surface area contributed by atoms with Crippen molar-refractivity contribution < 1.29 is 0 Å². The molecule has 382 valence electrons. The highest BCUT2D eigenvalue weighted by molar-refractivity contribution is 5.93. The van der Waals surface area contributed by atoms with Crippen LogP contribution in [-0.4, -0.2) is 0 Å². The van der Waals surface area contributed by atoms with Crippen LogP contribution in [0.1, 0.15) is 129 Å². The van der Waals surface area contributed by atoms with Crippen LogP contribution in [0.3, 0.4) is 0 Å². The molecule has 0 saturated carbocycles. The van der Waals surface area contributed by atoms with Gasteiger partial charge in [-0.15, -0.1) is 12.8 Å². The SMILES string of the molecule is C.C#C.C=C(/C=C(\C)c1cccc(C)c1)C(/C=C\C)=C/C.C=C(Cc1ccccc1-c1c(C)ccc2c1-c1ccccc1C2)C(C)C.CC.CC.CCC.Cc1cccc(-c2cccc(-c3ccccc3)c2)c1. The molecular formula is C73H90. The maximum atomic E-state index is 4.32. The van der Waals surface area contributed by atoms with Crippen LogP contribution in [0.4, 0.5) is 0 Å². The van der Waals surface area contributed by atoms with Crippen LogP contribution in [-0.2, 0) is 12.8 Å². The molecule has 1 aliphatic carbocycles. The standard InChI is InChI=1S/C26H26.C19H16.C18H22.C3H8.2C2H6.C2H2.CH4/c1-17(2)19(4)15-20-9-5-7-11-23(20)25-18(3)13-14-22-16-21-10-6-8-12-24(21)26(22)25;1-15-7-5-10-17(13-15)19-12-6-11-18(14-19)16-8-3-2-4-9-16;1-6-9-17(7-2)15(4)13-16(5)18-11-8-10-14(3)12-18;1-3-2;3*1-2;/h5-14,17H,4,15-16H2,1-3H3;2-14H,1H3;6-13H,4H2,1-3,5H3;3H2,1-2H3;2*1-2H3;1-2H;1H4/b;;9-6-,16-13+,17-7+;;;;;. The lowest BCUT2D eigenvalue weighted by molar-refractivity contribution is 0.745. The van der Waals surface area contributed by atoms with Crippen LogP contribution in [0.2, 0.25) is 0 Å². The average molecular weight is 968 g/mol. The van der Waals surface area contributed by atoms with Crippen molar-refractivity contribution in [3.05, 3.63) is 257 Å². The minimum absolute atomic E-state index is 0. The molecule has 0 aromatic heterocycles. The fraction of sp³-hybridized carbons (Fsp3) is 0.260. The lowest BCUT2D eigenvalue weighted by atomic mass is 9.86. The lowest BCUT2D eigenvalue weighted by Gasteiger charge is -2.18. The van der Waals surface area contributed by atoms with E-state index in [4.69, 9.17) is 0 Å². The zero-order valence-corrected chi connectivity index (χ0v) is 46.7. The van der Waals surface area contributed by atoms with Gasteiger partial charge < -0.3 is 0 Å². The van der Waals surface area contributed by atoms with Crippen LogP contribution >= 0.6 is 0 Å². The summed E-state index contributed by atoms with van der Waals surface area (Å²) in [6, 6.07) is 58.7. The van der Waals surface area contributed by atoms with E-state index >= 15 is 0 Å². The van der Waals surface area contributed by atoms with Crippen LogP contribution < -0.4 is 0 Å². The summed E-state index contributed by atoms with van der Waals surface area (Å²) in [5.74, 6) is 0.506. The van der Waals surface area contributed by atoms with Gasteiger partial charge >= 0.3 is 0 Å². The van der Waals surface area contributed by atoms with E-state index in [1.165, 1.54) is 107 Å². The van der Waals surface area contributed by atoms with E-state index < -0.39 is 0 Å². The Bertz CT molecular complexity index is 2850. The van der Waals surface area contributed by atoms with Crippen molar-refractivity contribution >= 4 is 5.57 Å². The Hall–Kier alpha value is -7.20. The van der Waals surface area contributed by atoms with Gasteiger partial charge in [-0.05, 0) is 155 Å².